The van der Waals surface area contributed by atoms with Crippen molar-refractivity contribution in [3.8, 4) is 11.1 Å². The molecule has 0 saturated carbocycles. The summed E-state index contributed by atoms with van der Waals surface area (Å²) in [5.41, 5.74) is 1.44. The highest BCUT2D eigenvalue weighted by molar-refractivity contribution is 7.15. The molecule has 7 nitrogen and oxygen atoms in total. The van der Waals surface area contributed by atoms with E-state index in [0.29, 0.717) is 22.7 Å². The number of esters is 1. The largest absolute Gasteiger partial charge is 0.462 e. The van der Waals surface area contributed by atoms with Crippen LogP contribution in [0.4, 0.5) is 9.39 Å². The normalized spacial score (nSPS) is 10.8. The molecule has 0 unspecified atom stereocenters. The molecule has 168 valence electrons. The van der Waals surface area contributed by atoms with Gasteiger partial charge in [-0.2, -0.15) is 0 Å². The van der Waals surface area contributed by atoms with E-state index in [9.17, 15) is 18.8 Å². The Kier molecular flexibility index (Phi) is 9.14. The molecule has 1 heterocycles. The summed E-state index contributed by atoms with van der Waals surface area (Å²) in [6.45, 7) is 4.58. The van der Waals surface area contributed by atoms with E-state index in [0.717, 1.165) is 6.42 Å². The average Bonchev–Trinajstić information content (AvgIpc) is 3.12. The lowest BCUT2D eigenvalue weighted by Crippen LogP contribution is -2.41. The molecule has 0 fully saturated rings. The SMILES string of the molecule is CCCN(CC(=O)Nc1scc(-c2ccc(F)cc2)c1C(=O)OCC)CC(=O)N(C)C. The minimum absolute atomic E-state index is 0.0134. The third-order valence-electron chi connectivity index (χ3n) is 4.44. The minimum atomic E-state index is -0.563. The molecule has 2 rings (SSSR count). The summed E-state index contributed by atoms with van der Waals surface area (Å²) in [4.78, 5) is 40.6. The number of halogens is 1. The topological polar surface area (TPSA) is 79.0 Å². The molecular formula is C22H28FN3O4S. The van der Waals surface area contributed by atoms with Gasteiger partial charge in [0.2, 0.25) is 11.8 Å². The van der Waals surface area contributed by atoms with Gasteiger partial charge in [-0.25, -0.2) is 9.18 Å². The Morgan fingerprint density at radius 3 is 2.35 bits per heavy atom. The van der Waals surface area contributed by atoms with Gasteiger partial charge in [0.25, 0.3) is 0 Å². The second kappa shape index (κ2) is 11.6. The smallest absolute Gasteiger partial charge is 0.341 e. The molecule has 31 heavy (non-hydrogen) atoms. The summed E-state index contributed by atoms with van der Waals surface area (Å²) < 4.78 is 18.5. The highest BCUT2D eigenvalue weighted by atomic mass is 32.1. The zero-order valence-corrected chi connectivity index (χ0v) is 19.1. The van der Waals surface area contributed by atoms with Crippen LogP contribution < -0.4 is 5.32 Å². The second-order valence-electron chi connectivity index (χ2n) is 7.13. The van der Waals surface area contributed by atoms with Gasteiger partial charge >= 0.3 is 5.97 Å². The first-order valence-corrected chi connectivity index (χ1v) is 10.9. The fourth-order valence-electron chi connectivity index (χ4n) is 2.93. The molecule has 0 aliphatic rings. The van der Waals surface area contributed by atoms with Gasteiger partial charge in [-0.15, -0.1) is 11.3 Å². The van der Waals surface area contributed by atoms with E-state index >= 15 is 0 Å². The summed E-state index contributed by atoms with van der Waals surface area (Å²) in [6, 6.07) is 5.76. The zero-order valence-electron chi connectivity index (χ0n) is 18.2. The molecule has 0 saturated heterocycles. The first-order valence-electron chi connectivity index (χ1n) is 10.0. The molecule has 0 radical (unpaired) electrons. The monoisotopic (exact) mass is 449 g/mol. The van der Waals surface area contributed by atoms with Crippen molar-refractivity contribution in [2.45, 2.75) is 20.3 Å². The number of nitrogens with zero attached hydrogens (tertiary/aromatic N) is 2. The van der Waals surface area contributed by atoms with Crippen LogP contribution in [0.15, 0.2) is 29.6 Å². The predicted octanol–water partition coefficient (Wildman–Crippen LogP) is 3.47. The summed E-state index contributed by atoms with van der Waals surface area (Å²) in [7, 11) is 3.33. The fourth-order valence-corrected chi connectivity index (χ4v) is 3.90. The number of anilines is 1. The molecule has 2 aromatic rings. The Hall–Kier alpha value is -2.78. The van der Waals surface area contributed by atoms with Crippen molar-refractivity contribution >= 4 is 34.1 Å². The number of benzene rings is 1. The van der Waals surface area contributed by atoms with Crippen molar-refractivity contribution in [1.82, 2.24) is 9.80 Å². The third kappa shape index (κ3) is 6.86. The van der Waals surface area contributed by atoms with E-state index in [1.165, 1.54) is 28.4 Å². The van der Waals surface area contributed by atoms with Crippen LogP contribution in [0.1, 0.15) is 30.6 Å². The molecule has 2 amide bonds. The highest BCUT2D eigenvalue weighted by Crippen LogP contribution is 2.36. The van der Waals surface area contributed by atoms with Crippen LogP contribution >= 0.6 is 11.3 Å². The van der Waals surface area contributed by atoms with E-state index in [1.807, 2.05) is 6.92 Å². The van der Waals surface area contributed by atoms with Crippen LogP contribution in [0.5, 0.6) is 0 Å². The van der Waals surface area contributed by atoms with Crippen molar-refractivity contribution in [3.05, 3.63) is 41.0 Å². The number of carbonyl (C=O) groups excluding carboxylic acids is 3. The first-order chi connectivity index (χ1) is 14.8. The number of likely N-dealkylation sites (N-methyl/N-ethyl adjacent to an activating group) is 1. The number of thiophene rings is 1. The van der Waals surface area contributed by atoms with Gasteiger partial charge in [0.1, 0.15) is 16.4 Å². The molecule has 0 bridgehead atoms. The lowest BCUT2D eigenvalue weighted by Gasteiger charge is -2.22. The van der Waals surface area contributed by atoms with Crippen molar-refractivity contribution in [2.24, 2.45) is 0 Å². The number of carbonyl (C=O) groups is 3. The van der Waals surface area contributed by atoms with Gasteiger partial charge < -0.3 is 15.0 Å². The van der Waals surface area contributed by atoms with E-state index in [2.05, 4.69) is 5.32 Å². The Balaban J connectivity index is 2.24. The van der Waals surface area contributed by atoms with Gasteiger partial charge in [-0.1, -0.05) is 19.1 Å². The van der Waals surface area contributed by atoms with Crippen molar-refractivity contribution in [1.29, 1.82) is 0 Å². The molecule has 1 aromatic carbocycles. The lowest BCUT2D eigenvalue weighted by atomic mass is 10.0. The Labute approximate surface area is 185 Å². The maximum absolute atomic E-state index is 13.3. The lowest BCUT2D eigenvalue weighted by molar-refractivity contribution is -0.130. The molecule has 1 N–H and O–H groups in total. The summed E-state index contributed by atoms with van der Waals surface area (Å²) >= 11 is 1.20. The zero-order chi connectivity index (χ0) is 23.0. The van der Waals surface area contributed by atoms with E-state index in [-0.39, 0.29) is 42.9 Å². The van der Waals surface area contributed by atoms with Crippen LogP contribution in [0, 0.1) is 5.82 Å². The molecule has 9 heteroatoms. The van der Waals surface area contributed by atoms with E-state index in [1.54, 1.807) is 43.4 Å². The fraction of sp³-hybridized carbons (Fsp3) is 0.409. The molecular weight excluding hydrogens is 421 g/mol. The molecule has 0 aliphatic carbocycles. The number of rotatable bonds is 10. The minimum Gasteiger partial charge on any atom is -0.462 e. The van der Waals surface area contributed by atoms with Crippen LogP contribution in [-0.2, 0) is 14.3 Å². The van der Waals surface area contributed by atoms with Crippen molar-refractivity contribution in [2.75, 3.05) is 45.7 Å². The number of hydrogen-bond acceptors (Lipinski definition) is 6. The standard InChI is InChI=1S/C22H28FN3O4S/c1-5-11-26(13-19(28)25(3)4)12-18(27)24-21-20(22(29)30-6-2)17(14-31-21)15-7-9-16(23)10-8-15/h7-10,14H,5-6,11-13H2,1-4H3,(H,24,27). The van der Waals surface area contributed by atoms with Gasteiger partial charge in [-0.05, 0) is 37.6 Å². The first kappa shape index (κ1) is 24.5. The maximum Gasteiger partial charge on any atom is 0.341 e. The Morgan fingerprint density at radius 2 is 1.77 bits per heavy atom. The van der Waals surface area contributed by atoms with E-state index in [4.69, 9.17) is 4.74 Å². The highest BCUT2D eigenvalue weighted by Gasteiger charge is 2.24. The summed E-state index contributed by atoms with van der Waals surface area (Å²) in [5, 5.41) is 4.87. The number of amides is 2. The van der Waals surface area contributed by atoms with Gasteiger partial charge in [-0.3, -0.25) is 14.5 Å². The van der Waals surface area contributed by atoms with Gasteiger partial charge in [0.15, 0.2) is 0 Å². The Morgan fingerprint density at radius 1 is 1.10 bits per heavy atom. The van der Waals surface area contributed by atoms with Gasteiger partial charge in [0.05, 0.1) is 19.7 Å². The number of hydrogen-bond donors (Lipinski definition) is 1. The molecule has 0 aliphatic heterocycles. The summed E-state index contributed by atoms with van der Waals surface area (Å²) in [5.74, 6) is -1.37. The number of nitrogens with one attached hydrogen (secondary N) is 1. The van der Waals surface area contributed by atoms with E-state index < -0.39 is 5.97 Å². The Bertz CT molecular complexity index is 912. The second-order valence-corrected chi connectivity index (χ2v) is 8.01. The van der Waals surface area contributed by atoms with Crippen LogP contribution in [0.2, 0.25) is 0 Å². The van der Waals surface area contributed by atoms with Gasteiger partial charge in [0, 0.05) is 25.0 Å². The predicted molar refractivity (Wildman–Crippen MR) is 120 cm³/mol. The summed E-state index contributed by atoms with van der Waals surface area (Å²) in [6.07, 6.45) is 0.787. The van der Waals surface area contributed by atoms with Crippen LogP contribution in [0.25, 0.3) is 11.1 Å². The van der Waals surface area contributed by atoms with Crippen LogP contribution in [-0.4, -0.2) is 67.9 Å². The van der Waals surface area contributed by atoms with Crippen molar-refractivity contribution in [3.63, 3.8) is 0 Å². The van der Waals surface area contributed by atoms with Crippen molar-refractivity contribution < 1.29 is 23.5 Å². The maximum atomic E-state index is 13.3. The van der Waals surface area contributed by atoms with Crippen LogP contribution in [0.3, 0.4) is 0 Å². The number of ether oxygens (including phenoxy) is 1. The molecule has 1 aromatic heterocycles. The molecule has 0 atom stereocenters. The average molecular weight is 450 g/mol. The third-order valence-corrected chi connectivity index (χ3v) is 5.34. The molecule has 0 spiro atoms. The quantitative estimate of drug-likeness (QED) is 0.562.